The molecule has 3 heterocycles. The Kier molecular flexibility index (Phi) is 8.91. The minimum atomic E-state index is -1.85. The lowest BCUT2D eigenvalue weighted by Gasteiger charge is -2.61. The molecule has 40 heavy (non-hydrogen) atoms. The first-order valence-corrected chi connectivity index (χ1v) is 14.6. The highest BCUT2D eigenvalue weighted by molar-refractivity contribution is 5.73. The molecule has 0 saturated carbocycles. The van der Waals surface area contributed by atoms with E-state index < -0.39 is 59.6 Å². The van der Waals surface area contributed by atoms with Gasteiger partial charge in [-0.25, -0.2) is 0 Å². The second-order valence-corrected chi connectivity index (χ2v) is 13.1. The van der Waals surface area contributed by atoms with Gasteiger partial charge in [-0.3, -0.25) is 9.59 Å². The van der Waals surface area contributed by atoms with Gasteiger partial charge in [0.05, 0.1) is 25.0 Å². The van der Waals surface area contributed by atoms with E-state index in [-0.39, 0.29) is 36.5 Å². The summed E-state index contributed by atoms with van der Waals surface area (Å²) in [6.45, 7) is 11.4. The minimum absolute atomic E-state index is 0.0561. The lowest BCUT2D eigenvalue weighted by atomic mass is 9.66. The molecule has 0 aromatic heterocycles. The molecule has 9 atom stereocenters. The highest BCUT2D eigenvalue weighted by Gasteiger charge is 2.64. The van der Waals surface area contributed by atoms with Gasteiger partial charge < -0.3 is 34.3 Å². The van der Waals surface area contributed by atoms with Crippen molar-refractivity contribution < 1.29 is 43.9 Å². The van der Waals surface area contributed by atoms with Crippen molar-refractivity contribution in [2.24, 2.45) is 23.2 Å². The van der Waals surface area contributed by atoms with Crippen LogP contribution in [0.5, 0.6) is 5.75 Å². The smallest absolute Gasteiger partial charge is 0.311 e. The number of aryl methyl sites for hydroxylation is 1. The molecule has 9 nitrogen and oxygen atoms in total. The molecule has 3 bridgehead atoms. The van der Waals surface area contributed by atoms with Crippen molar-refractivity contribution in [2.75, 3.05) is 0 Å². The quantitative estimate of drug-likeness (QED) is 0.436. The molecular formula is C31H46O9. The Balaban J connectivity index is 1.64. The number of benzene rings is 1. The third-order valence-electron chi connectivity index (χ3n) is 9.33. The van der Waals surface area contributed by atoms with E-state index in [1.54, 1.807) is 12.1 Å². The normalized spacial score (nSPS) is 37.8. The van der Waals surface area contributed by atoms with Crippen LogP contribution in [0, 0.1) is 23.2 Å². The standard InChI is InChI=1S/C31H46O9/c1-18(9-7-10-22-11-8-12-23(33)13-22)28-20(3)25-16-31(39-28)29(5,6)15-19(2)30(36,40-31)17-27(35)37-24(21(4)32)14-26(34)38-25/h8,11-13,18-21,24-25,28,32-33,36H,7,9-10,14-17H2,1-6H3/t18-,19+,20-,21+,24+,25-,28?,30-,31-/m0/s1. The Bertz CT molecular complexity index is 1070. The number of esters is 2. The van der Waals surface area contributed by atoms with Crippen molar-refractivity contribution in [1.82, 2.24) is 0 Å². The van der Waals surface area contributed by atoms with Crippen molar-refractivity contribution in [1.29, 1.82) is 0 Å². The van der Waals surface area contributed by atoms with Gasteiger partial charge in [-0.1, -0.05) is 46.8 Å². The number of fused-ring (bicyclic) bond motifs is 2. The van der Waals surface area contributed by atoms with Crippen LogP contribution in [0.2, 0.25) is 0 Å². The van der Waals surface area contributed by atoms with Crippen molar-refractivity contribution in [3.63, 3.8) is 0 Å². The molecule has 0 aliphatic carbocycles. The molecule has 9 heteroatoms. The van der Waals surface area contributed by atoms with Crippen LogP contribution in [-0.4, -0.2) is 63.2 Å². The van der Waals surface area contributed by atoms with E-state index in [0.29, 0.717) is 6.42 Å². The maximum atomic E-state index is 13.1. The number of rotatable bonds is 6. The zero-order chi connectivity index (χ0) is 29.5. The highest BCUT2D eigenvalue weighted by Crippen LogP contribution is 2.57. The summed E-state index contributed by atoms with van der Waals surface area (Å²) in [5.74, 6) is -4.77. The van der Waals surface area contributed by atoms with E-state index in [0.717, 1.165) is 24.8 Å². The highest BCUT2D eigenvalue weighted by atomic mass is 16.8. The van der Waals surface area contributed by atoms with Crippen LogP contribution in [-0.2, 0) is 35.0 Å². The number of hydrogen-bond donors (Lipinski definition) is 3. The first kappa shape index (κ1) is 30.8. The molecule has 1 aromatic rings. The molecule has 1 aromatic carbocycles. The van der Waals surface area contributed by atoms with Gasteiger partial charge in [-0.05, 0) is 56.2 Å². The molecule has 3 aliphatic rings. The van der Waals surface area contributed by atoms with Gasteiger partial charge in [0, 0.05) is 23.7 Å². The second kappa shape index (κ2) is 11.6. The maximum Gasteiger partial charge on any atom is 0.311 e. The Hall–Kier alpha value is -2.20. The number of aromatic hydroxyl groups is 1. The fourth-order valence-corrected chi connectivity index (χ4v) is 6.75. The Labute approximate surface area is 237 Å². The summed E-state index contributed by atoms with van der Waals surface area (Å²) in [5, 5.41) is 31.7. The van der Waals surface area contributed by atoms with Gasteiger partial charge >= 0.3 is 11.9 Å². The topological polar surface area (TPSA) is 132 Å². The maximum absolute atomic E-state index is 13.1. The van der Waals surface area contributed by atoms with E-state index in [1.807, 2.05) is 39.8 Å². The zero-order valence-corrected chi connectivity index (χ0v) is 24.6. The van der Waals surface area contributed by atoms with Crippen molar-refractivity contribution in [3.8, 4) is 5.75 Å². The summed E-state index contributed by atoms with van der Waals surface area (Å²) in [4.78, 5) is 26.0. The van der Waals surface area contributed by atoms with Gasteiger partial charge in [0.2, 0.25) is 0 Å². The predicted octanol–water partition coefficient (Wildman–Crippen LogP) is 4.24. The lowest BCUT2D eigenvalue weighted by molar-refractivity contribution is -0.451. The zero-order valence-electron chi connectivity index (χ0n) is 24.6. The number of aliphatic hydroxyl groups excluding tert-OH is 1. The summed E-state index contributed by atoms with van der Waals surface area (Å²) in [7, 11) is 0. The van der Waals surface area contributed by atoms with Crippen molar-refractivity contribution in [2.45, 2.75) is 122 Å². The summed E-state index contributed by atoms with van der Waals surface area (Å²) >= 11 is 0. The van der Waals surface area contributed by atoms with Crippen LogP contribution in [0.4, 0.5) is 0 Å². The first-order chi connectivity index (χ1) is 18.6. The van der Waals surface area contributed by atoms with E-state index >= 15 is 0 Å². The van der Waals surface area contributed by atoms with Crippen LogP contribution < -0.4 is 0 Å². The summed E-state index contributed by atoms with van der Waals surface area (Å²) in [6.07, 6.45) is -0.648. The molecule has 3 aliphatic heterocycles. The first-order valence-electron chi connectivity index (χ1n) is 14.6. The van der Waals surface area contributed by atoms with Crippen molar-refractivity contribution >= 4 is 11.9 Å². The van der Waals surface area contributed by atoms with Gasteiger partial charge in [0.15, 0.2) is 11.6 Å². The fraction of sp³-hybridized carbons (Fsp3) is 0.742. The number of carbonyl (C=O) groups excluding carboxylic acids is 2. The van der Waals surface area contributed by atoms with Crippen LogP contribution in [0.15, 0.2) is 24.3 Å². The molecule has 224 valence electrons. The van der Waals surface area contributed by atoms with E-state index in [4.69, 9.17) is 18.9 Å². The number of phenolic OH excluding ortho intramolecular Hbond substituents is 1. The third kappa shape index (κ3) is 6.32. The van der Waals surface area contributed by atoms with Gasteiger partial charge in [-0.15, -0.1) is 0 Å². The largest absolute Gasteiger partial charge is 0.508 e. The molecule has 0 radical (unpaired) electrons. The molecule has 4 rings (SSSR count). The fourth-order valence-electron chi connectivity index (χ4n) is 6.75. The second-order valence-electron chi connectivity index (χ2n) is 13.1. The minimum Gasteiger partial charge on any atom is -0.508 e. The Morgan fingerprint density at radius 3 is 2.48 bits per heavy atom. The lowest BCUT2D eigenvalue weighted by Crippen LogP contribution is -2.68. The summed E-state index contributed by atoms with van der Waals surface area (Å²) in [5.41, 5.74) is 0.483. The molecule has 0 amide bonds. The Morgan fingerprint density at radius 2 is 1.80 bits per heavy atom. The number of ether oxygens (including phenoxy) is 4. The third-order valence-corrected chi connectivity index (χ3v) is 9.33. The molecule has 3 saturated heterocycles. The predicted molar refractivity (Wildman–Crippen MR) is 146 cm³/mol. The number of aliphatic hydroxyl groups is 2. The van der Waals surface area contributed by atoms with Gasteiger partial charge in [-0.2, -0.15) is 0 Å². The number of hydrogen-bond acceptors (Lipinski definition) is 9. The molecule has 1 unspecified atom stereocenters. The van der Waals surface area contributed by atoms with Crippen LogP contribution in [0.1, 0.15) is 85.6 Å². The molecule has 3 fully saturated rings. The Morgan fingerprint density at radius 1 is 1.07 bits per heavy atom. The summed E-state index contributed by atoms with van der Waals surface area (Å²) in [6, 6.07) is 7.25. The number of phenols is 1. The van der Waals surface area contributed by atoms with Gasteiger partial charge in [0.25, 0.3) is 0 Å². The molecular weight excluding hydrogens is 516 g/mol. The van der Waals surface area contributed by atoms with E-state index in [9.17, 15) is 24.9 Å². The number of cyclic esters (lactones) is 1. The van der Waals surface area contributed by atoms with E-state index in [1.165, 1.54) is 6.92 Å². The SMILES string of the molecule is C[C@@H]1C([C@@H](C)CCCc2cccc(O)c2)O[C@@]23C[C@@H]1OC(=O)C[C@H]([C@@H](C)O)OC(=O)C[C@](O)(O2)[C@H](C)CC3(C)C. The van der Waals surface area contributed by atoms with Crippen LogP contribution in [0.3, 0.4) is 0 Å². The van der Waals surface area contributed by atoms with Gasteiger partial charge in [0.1, 0.15) is 18.0 Å². The number of carbonyl (C=O) groups is 2. The summed E-state index contributed by atoms with van der Waals surface area (Å²) < 4.78 is 24.8. The molecule has 3 N–H and O–H groups in total. The van der Waals surface area contributed by atoms with Crippen LogP contribution >= 0.6 is 0 Å². The monoisotopic (exact) mass is 562 g/mol. The molecule has 1 spiro atoms. The average Bonchev–Trinajstić information content (AvgIpc) is 2.83. The van der Waals surface area contributed by atoms with Crippen molar-refractivity contribution in [3.05, 3.63) is 29.8 Å². The van der Waals surface area contributed by atoms with Crippen LogP contribution in [0.25, 0.3) is 0 Å². The van der Waals surface area contributed by atoms with E-state index in [2.05, 4.69) is 6.92 Å². The average molecular weight is 563 g/mol.